The summed E-state index contributed by atoms with van der Waals surface area (Å²) in [6.07, 6.45) is 1.75. The van der Waals surface area contributed by atoms with Crippen LogP contribution in [0.3, 0.4) is 0 Å². The molecule has 5 heteroatoms. The molecule has 0 radical (unpaired) electrons. The lowest BCUT2D eigenvalue weighted by molar-refractivity contribution is 0.310. The highest BCUT2D eigenvalue weighted by Crippen LogP contribution is 2.27. The average Bonchev–Trinajstić information content (AvgIpc) is 2.94. The topological polar surface area (TPSA) is 59.2 Å². The Morgan fingerprint density at radius 2 is 2.11 bits per heavy atom. The number of ether oxygens (including phenoxy) is 2. The normalized spacial score (nSPS) is 10.4. The van der Waals surface area contributed by atoms with Crippen molar-refractivity contribution < 1.29 is 9.47 Å². The summed E-state index contributed by atoms with van der Waals surface area (Å²) in [7, 11) is 1.65. The van der Waals surface area contributed by atoms with E-state index in [1.807, 2.05) is 31.2 Å². The summed E-state index contributed by atoms with van der Waals surface area (Å²) in [6.45, 7) is 4.12. The summed E-state index contributed by atoms with van der Waals surface area (Å²) < 4.78 is 10.8. The number of nitrogens with zero attached hydrogens (tertiary/aromatic N) is 1. The van der Waals surface area contributed by atoms with Gasteiger partial charge in [0.1, 0.15) is 0 Å². The van der Waals surface area contributed by atoms with Crippen molar-refractivity contribution in [3.05, 3.63) is 41.7 Å². The zero-order valence-corrected chi connectivity index (χ0v) is 11.3. The molecular weight excluding hydrogens is 242 g/mol. The van der Waals surface area contributed by atoms with E-state index in [4.69, 9.17) is 9.47 Å². The third kappa shape index (κ3) is 3.72. The Bertz CT molecular complexity index is 497. The number of aromatic nitrogens is 2. The Morgan fingerprint density at radius 1 is 1.21 bits per heavy atom. The van der Waals surface area contributed by atoms with Crippen molar-refractivity contribution in [1.29, 1.82) is 0 Å². The highest BCUT2D eigenvalue weighted by atomic mass is 16.5. The number of H-pyrrole nitrogens is 1. The van der Waals surface area contributed by atoms with Gasteiger partial charge < -0.3 is 14.8 Å². The predicted octanol–water partition coefficient (Wildman–Crippen LogP) is 2.11. The van der Waals surface area contributed by atoms with Gasteiger partial charge in [-0.2, -0.15) is 5.10 Å². The van der Waals surface area contributed by atoms with Gasteiger partial charge >= 0.3 is 0 Å². The Kier molecular flexibility index (Phi) is 4.80. The van der Waals surface area contributed by atoms with Crippen LogP contribution in [0.25, 0.3) is 0 Å². The van der Waals surface area contributed by atoms with Gasteiger partial charge in [0.25, 0.3) is 0 Å². The first-order valence-corrected chi connectivity index (χ1v) is 6.32. The van der Waals surface area contributed by atoms with Crippen molar-refractivity contribution in [1.82, 2.24) is 15.5 Å². The second kappa shape index (κ2) is 6.80. The van der Waals surface area contributed by atoms with E-state index >= 15 is 0 Å². The van der Waals surface area contributed by atoms with Gasteiger partial charge in [-0.15, -0.1) is 0 Å². The quantitative estimate of drug-likeness (QED) is 0.801. The molecule has 0 fully saturated rings. The molecule has 0 aliphatic rings. The van der Waals surface area contributed by atoms with Crippen LogP contribution in [-0.4, -0.2) is 23.9 Å². The molecule has 0 spiro atoms. The Labute approximate surface area is 112 Å². The van der Waals surface area contributed by atoms with Gasteiger partial charge in [-0.05, 0) is 30.7 Å². The van der Waals surface area contributed by atoms with E-state index in [2.05, 4.69) is 15.5 Å². The summed E-state index contributed by atoms with van der Waals surface area (Å²) in [5.74, 6) is 1.55. The number of hydrogen-bond acceptors (Lipinski definition) is 4. The number of methoxy groups -OCH3 is 1. The van der Waals surface area contributed by atoms with E-state index in [9.17, 15) is 0 Å². The first kappa shape index (κ1) is 13.4. The van der Waals surface area contributed by atoms with Crippen molar-refractivity contribution in [3.63, 3.8) is 0 Å². The van der Waals surface area contributed by atoms with E-state index in [0.29, 0.717) is 6.61 Å². The molecule has 1 aromatic heterocycles. The molecular formula is C14H19N3O2. The molecule has 0 unspecified atom stereocenters. The monoisotopic (exact) mass is 261 g/mol. The minimum atomic E-state index is 0.633. The summed E-state index contributed by atoms with van der Waals surface area (Å²) >= 11 is 0. The zero-order chi connectivity index (χ0) is 13.5. The molecule has 0 saturated heterocycles. The minimum Gasteiger partial charge on any atom is -0.493 e. The van der Waals surface area contributed by atoms with Crippen LogP contribution in [0.2, 0.25) is 0 Å². The van der Waals surface area contributed by atoms with Gasteiger partial charge in [0.15, 0.2) is 11.5 Å². The summed E-state index contributed by atoms with van der Waals surface area (Å²) in [6, 6.07) is 7.92. The second-order valence-corrected chi connectivity index (χ2v) is 4.10. The van der Waals surface area contributed by atoms with Gasteiger partial charge in [0, 0.05) is 25.0 Å². The molecule has 1 aromatic carbocycles. The molecule has 19 heavy (non-hydrogen) atoms. The first-order chi connectivity index (χ1) is 9.33. The van der Waals surface area contributed by atoms with Crippen molar-refractivity contribution in [2.45, 2.75) is 20.0 Å². The van der Waals surface area contributed by atoms with Crippen LogP contribution in [0.1, 0.15) is 18.2 Å². The molecule has 102 valence electrons. The van der Waals surface area contributed by atoms with E-state index in [0.717, 1.165) is 35.8 Å². The fourth-order valence-electron chi connectivity index (χ4n) is 1.82. The van der Waals surface area contributed by atoms with Crippen LogP contribution in [0.5, 0.6) is 11.5 Å². The average molecular weight is 261 g/mol. The van der Waals surface area contributed by atoms with Gasteiger partial charge in [0.05, 0.1) is 13.7 Å². The lowest BCUT2D eigenvalue weighted by Crippen LogP contribution is -2.13. The molecule has 2 N–H and O–H groups in total. The number of hydrogen-bond donors (Lipinski definition) is 2. The van der Waals surface area contributed by atoms with Gasteiger partial charge in [-0.1, -0.05) is 6.07 Å². The SMILES string of the molecule is CCOc1ccc(CNCc2ccn[nH]2)cc1OC. The van der Waals surface area contributed by atoms with Gasteiger partial charge in [0.2, 0.25) is 0 Å². The standard InChI is InChI=1S/C14H19N3O2/c1-3-19-13-5-4-11(8-14(13)18-2)9-15-10-12-6-7-16-17-12/h4-8,15H,3,9-10H2,1-2H3,(H,16,17). The third-order valence-corrected chi connectivity index (χ3v) is 2.73. The Hall–Kier alpha value is -2.01. The molecule has 0 aliphatic heterocycles. The highest BCUT2D eigenvalue weighted by Gasteiger charge is 2.05. The van der Waals surface area contributed by atoms with Crippen LogP contribution in [-0.2, 0) is 13.1 Å². The Morgan fingerprint density at radius 3 is 2.79 bits per heavy atom. The van der Waals surface area contributed by atoms with E-state index < -0.39 is 0 Å². The van der Waals surface area contributed by atoms with Crippen LogP contribution in [0, 0.1) is 0 Å². The second-order valence-electron chi connectivity index (χ2n) is 4.10. The predicted molar refractivity (Wildman–Crippen MR) is 73.3 cm³/mol. The summed E-state index contributed by atoms with van der Waals surface area (Å²) in [5, 5.41) is 10.2. The smallest absolute Gasteiger partial charge is 0.161 e. The van der Waals surface area contributed by atoms with Gasteiger partial charge in [-0.25, -0.2) is 0 Å². The van der Waals surface area contributed by atoms with Crippen LogP contribution in [0.15, 0.2) is 30.5 Å². The largest absolute Gasteiger partial charge is 0.493 e. The van der Waals surface area contributed by atoms with Crippen molar-refractivity contribution >= 4 is 0 Å². The molecule has 0 atom stereocenters. The lowest BCUT2D eigenvalue weighted by Gasteiger charge is -2.11. The maximum atomic E-state index is 5.49. The van der Waals surface area contributed by atoms with Crippen LogP contribution in [0.4, 0.5) is 0 Å². The van der Waals surface area contributed by atoms with E-state index in [-0.39, 0.29) is 0 Å². The number of aromatic amines is 1. The fraction of sp³-hybridized carbons (Fsp3) is 0.357. The van der Waals surface area contributed by atoms with Crippen LogP contribution < -0.4 is 14.8 Å². The molecule has 0 saturated carbocycles. The molecule has 0 aliphatic carbocycles. The van der Waals surface area contributed by atoms with E-state index in [1.54, 1.807) is 13.3 Å². The number of nitrogens with one attached hydrogen (secondary N) is 2. The first-order valence-electron chi connectivity index (χ1n) is 6.32. The number of benzene rings is 1. The maximum absolute atomic E-state index is 5.49. The summed E-state index contributed by atoms with van der Waals surface area (Å²) in [4.78, 5) is 0. The molecule has 2 aromatic rings. The van der Waals surface area contributed by atoms with Crippen LogP contribution >= 0.6 is 0 Å². The Balaban J connectivity index is 1.93. The molecule has 0 bridgehead atoms. The summed E-state index contributed by atoms with van der Waals surface area (Å²) in [5.41, 5.74) is 2.22. The van der Waals surface area contributed by atoms with E-state index in [1.165, 1.54) is 0 Å². The third-order valence-electron chi connectivity index (χ3n) is 2.73. The molecule has 2 rings (SSSR count). The lowest BCUT2D eigenvalue weighted by atomic mass is 10.2. The van der Waals surface area contributed by atoms with Crippen molar-refractivity contribution in [3.8, 4) is 11.5 Å². The minimum absolute atomic E-state index is 0.633. The maximum Gasteiger partial charge on any atom is 0.161 e. The fourth-order valence-corrected chi connectivity index (χ4v) is 1.82. The highest BCUT2D eigenvalue weighted by molar-refractivity contribution is 5.42. The van der Waals surface area contributed by atoms with Crippen molar-refractivity contribution in [2.24, 2.45) is 0 Å². The zero-order valence-electron chi connectivity index (χ0n) is 11.3. The van der Waals surface area contributed by atoms with Gasteiger partial charge in [-0.3, -0.25) is 5.10 Å². The molecule has 1 heterocycles. The molecule has 5 nitrogen and oxygen atoms in total. The van der Waals surface area contributed by atoms with Crippen molar-refractivity contribution in [2.75, 3.05) is 13.7 Å². The number of rotatable bonds is 7. The molecule has 0 amide bonds.